The summed E-state index contributed by atoms with van der Waals surface area (Å²) in [5.74, 6) is 0. The standard InChI is InChI=1S/C16H21N3/c1-2-5-13-6-3-4-7-16(13)19-11-10-15(18-19)12-17-14-8-9-14/h3-4,6-7,10-11,14,17H,2,5,8-9,12H2,1H3. The monoisotopic (exact) mass is 255 g/mol. The van der Waals surface area contributed by atoms with Crippen LogP contribution in [-0.4, -0.2) is 15.8 Å². The summed E-state index contributed by atoms with van der Waals surface area (Å²) in [7, 11) is 0. The first-order valence-corrected chi connectivity index (χ1v) is 7.23. The molecular formula is C16H21N3. The van der Waals surface area contributed by atoms with E-state index in [-0.39, 0.29) is 0 Å². The van der Waals surface area contributed by atoms with E-state index in [9.17, 15) is 0 Å². The van der Waals surface area contributed by atoms with Crippen LogP contribution in [0.25, 0.3) is 5.69 Å². The summed E-state index contributed by atoms with van der Waals surface area (Å²) in [6.07, 6.45) is 6.97. The van der Waals surface area contributed by atoms with Gasteiger partial charge in [-0.1, -0.05) is 31.5 Å². The molecule has 0 radical (unpaired) electrons. The third kappa shape index (κ3) is 3.04. The molecule has 1 aromatic carbocycles. The molecule has 0 aliphatic heterocycles. The molecule has 3 heteroatoms. The Hall–Kier alpha value is -1.61. The molecule has 1 aliphatic carbocycles. The molecule has 3 nitrogen and oxygen atoms in total. The van der Waals surface area contributed by atoms with Crippen LogP contribution < -0.4 is 5.32 Å². The Morgan fingerprint density at radius 1 is 1.26 bits per heavy atom. The predicted octanol–water partition coefficient (Wildman–Crippen LogP) is 3.08. The van der Waals surface area contributed by atoms with Gasteiger partial charge >= 0.3 is 0 Å². The van der Waals surface area contributed by atoms with Crippen LogP contribution in [0.2, 0.25) is 0 Å². The van der Waals surface area contributed by atoms with E-state index in [1.165, 1.54) is 24.1 Å². The third-order valence-electron chi connectivity index (χ3n) is 3.55. The van der Waals surface area contributed by atoms with Gasteiger partial charge in [0.2, 0.25) is 0 Å². The molecule has 1 aliphatic rings. The molecular weight excluding hydrogens is 234 g/mol. The molecule has 0 unspecified atom stereocenters. The molecule has 1 aromatic heterocycles. The number of nitrogens with zero attached hydrogens (tertiary/aromatic N) is 2. The highest BCUT2D eigenvalue weighted by molar-refractivity contribution is 5.40. The maximum Gasteiger partial charge on any atom is 0.0766 e. The van der Waals surface area contributed by atoms with E-state index in [1.54, 1.807) is 0 Å². The van der Waals surface area contributed by atoms with Crippen LogP contribution in [0.4, 0.5) is 0 Å². The second-order valence-corrected chi connectivity index (χ2v) is 5.29. The lowest BCUT2D eigenvalue weighted by atomic mass is 10.1. The summed E-state index contributed by atoms with van der Waals surface area (Å²) in [6, 6.07) is 11.4. The molecule has 1 saturated carbocycles. The zero-order chi connectivity index (χ0) is 13.1. The second-order valence-electron chi connectivity index (χ2n) is 5.29. The average Bonchev–Trinajstić information content (AvgIpc) is 3.15. The lowest BCUT2D eigenvalue weighted by Crippen LogP contribution is -2.15. The molecule has 100 valence electrons. The SMILES string of the molecule is CCCc1ccccc1-n1ccc(CNC2CC2)n1. The van der Waals surface area contributed by atoms with E-state index in [2.05, 4.69) is 53.9 Å². The van der Waals surface area contributed by atoms with Crippen LogP contribution in [0.5, 0.6) is 0 Å². The maximum atomic E-state index is 4.68. The van der Waals surface area contributed by atoms with Gasteiger partial charge in [-0.3, -0.25) is 0 Å². The molecule has 3 rings (SSSR count). The minimum absolute atomic E-state index is 0.734. The Morgan fingerprint density at radius 3 is 2.89 bits per heavy atom. The van der Waals surface area contributed by atoms with Crippen molar-refractivity contribution in [2.75, 3.05) is 0 Å². The van der Waals surface area contributed by atoms with Crippen molar-refractivity contribution in [1.82, 2.24) is 15.1 Å². The zero-order valence-electron chi connectivity index (χ0n) is 11.5. The van der Waals surface area contributed by atoms with Crippen molar-refractivity contribution in [3.8, 4) is 5.69 Å². The largest absolute Gasteiger partial charge is 0.308 e. The Labute approximate surface area is 114 Å². The minimum atomic E-state index is 0.734. The summed E-state index contributed by atoms with van der Waals surface area (Å²) >= 11 is 0. The minimum Gasteiger partial charge on any atom is -0.308 e. The molecule has 0 saturated heterocycles. The molecule has 19 heavy (non-hydrogen) atoms. The second kappa shape index (κ2) is 5.57. The van der Waals surface area contributed by atoms with E-state index >= 15 is 0 Å². The molecule has 2 aromatic rings. The van der Waals surface area contributed by atoms with Gasteiger partial charge in [0.15, 0.2) is 0 Å². The average molecular weight is 255 g/mol. The molecule has 0 amide bonds. The van der Waals surface area contributed by atoms with Crippen molar-refractivity contribution in [2.24, 2.45) is 0 Å². The third-order valence-corrected chi connectivity index (χ3v) is 3.55. The van der Waals surface area contributed by atoms with E-state index in [1.807, 2.05) is 4.68 Å². The highest BCUT2D eigenvalue weighted by atomic mass is 15.3. The van der Waals surface area contributed by atoms with Crippen LogP contribution in [0.3, 0.4) is 0 Å². The number of nitrogens with one attached hydrogen (secondary N) is 1. The van der Waals surface area contributed by atoms with Crippen molar-refractivity contribution in [3.63, 3.8) is 0 Å². The van der Waals surface area contributed by atoms with Gasteiger partial charge in [-0.05, 0) is 37.0 Å². The number of benzene rings is 1. The highest BCUT2D eigenvalue weighted by Crippen LogP contribution is 2.19. The fraction of sp³-hybridized carbons (Fsp3) is 0.438. The number of aromatic nitrogens is 2. The van der Waals surface area contributed by atoms with Gasteiger partial charge in [-0.2, -0.15) is 5.10 Å². The lowest BCUT2D eigenvalue weighted by Gasteiger charge is -2.08. The van der Waals surface area contributed by atoms with Gasteiger partial charge in [-0.15, -0.1) is 0 Å². The first-order valence-electron chi connectivity index (χ1n) is 7.23. The predicted molar refractivity (Wildman–Crippen MR) is 77.4 cm³/mol. The van der Waals surface area contributed by atoms with Gasteiger partial charge in [0, 0.05) is 18.8 Å². The van der Waals surface area contributed by atoms with Crippen LogP contribution in [0.1, 0.15) is 37.4 Å². The van der Waals surface area contributed by atoms with E-state index in [4.69, 9.17) is 0 Å². The Morgan fingerprint density at radius 2 is 2.11 bits per heavy atom. The Kier molecular flexibility index (Phi) is 3.65. The van der Waals surface area contributed by atoms with Crippen molar-refractivity contribution < 1.29 is 0 Å². The van der Waals surface area contributed by atoms with Gasteiger partial charge in [0.25, 0.3) is 0 Å². The van der Waals surface area contributed by atoms with Gasteiger partial charge in [0.1, 0.15) is 0 Å². The summed E-state index contributed by atoms with van der Waals surface area (Å²) in [6.45, 7) is 3.10. The maximum absolute atomic E-state index is 4.68. The smallest absolute Gasteiger partial charge is 0.0766 e. The molecule has 0 spiro atoms. The molecule has 0 atom stereocenters. The van der Waals surface area contributed by atoms with E-state index in [0.29, 0.717) is 0 Å². The number of rotatable bonds is 6. The van der Waals surface area contributed by atoms with Gasteiger partial charge in [0.05, 0.1) is 11.4 Å². The summed E-state index contributed by atoms with van der Waals surface area (Å²) in [4.78, 5) is 0. The summed E-state index contributed by atoms with van der Waals surface area (Å²) < 4.78 is 2.01. The molecule has 0 bridgehead atoms. The van der Waals surface area contributed by atoms with Crippen molar-refractivity contribution >= 4 is 0 Å². The Balaban J connectivity index is 1.77. The van der Waals surface area contributed by atoms with Crippen LogP contribution in [0, 0.1) is 0 Å². The topological polar surface area (TPSA) is 29.9 Å². The normalized spacial score (nSPS) is 14.8. The summed E-state index contributed by atoms with van der Waals surface area (Å²) in [5.41, 5.74) is 3.70. The van der Waals surface area contributed by atoms with Crippen molar-refractivity contribution in [3.05, 3.63) is 47.8 Å². The van der Waals surface area contributed by atoms with E-state index in [0.717, 1.165) is 31.1 Å². The number of hydrogen-bond acceptors (Lipinski definition) is 2. The lowest BCUT2D eigenvalue weighted by molar-refractivity contribution is 0.664. The number of hydrogen-bond donors (Lipinski definition) is 1. The molecule has 1 heterocycles. The number of aryl methyl sites for hydroxylation is 1. The fourth-order valence-electron chi connectivity index (χ4n) is 2.34. The molecule has 1 N–H and O–H groups in total. The van der Waals surface area contributed by atoms with Crippen molar-refractivity contribution in [2.45, 2.75) is 45.2 Å². The van der Waals surface area contributed by atoms with Crippen LogP contribution >= 0.6 is 0 Å². The first kappa shape index (κ1) is 12.4. The number of para-hydroxylation sites is 1. The fourth-order valence-corrected chi connectivity index (χ4v) is 2.34. The zero-order valence-corrected chi connectivity index (χ0v) is 11.5. The van der Waals surface area contributed by atoms with Crippen molar-refractivity contribution in [1.29, 1.82) is 0 Å². The van der Waals surface area contributed by atoms with Crippen LogP contribution in [0.15, 0.2) is 36.5 Å². The van der Waals surface area contributed by atoms with Gasteiger partial charge < -0.3 is 5.32 Å². The quantitative estimate of drug-likeness (QED) is 0.859. The Bertz CT molecular complexity index is 540. The first-order chi connectivity index (χ1) is 9.36. The summed E-state index contributed by atoms with van der Waals surface area (Å²) in [5, 5.41) is 8.18. The highest BCUT2D eigenvalue weighted by Gasteiger charge is 2.20. The van der Waals surface area contributed by atoms with Crippen LogP contribution in [-0.2, 0) is 13.0 Å². The van der Waals surface area contributed by atoms with Gasteiger partial charge in [-0.25, -0.2) is 4.68 Å². The molecule has 1 fully saturated rings. The van der Waals surface area contributed by atoms with E-state index < -0.39 is 0 Å².